The van der Waals surface area contributed by atoms with Crippen LogP contribution >= 0.6 is 11.6 Å². The van der Waals surface area contributed by atoms with E-state index in [1.54, 1.807) is 29.2 Å². The van der Waals surface area contributed by atoms with Gasteiger partial charge < -0.3 is 10.0 Å². The number of benzene rings is 2. The first-order valence-electron chi connectivity index (χ1n) is 6.91. The molecule has 4 heteroatoms. The molecule has 0 aliphatic carbocycles. The molecular weight excluding hydrogens is 286 g/mol. The first kappa shape index (κ1) is 15.5. The summed E-state index contributed by atoms with van der Waals surface area (Å²) in [6.45, 7) is 0.788. The molecule has 0 saturated carbocycles. The van der Waals surface area contributed by atoms with Crippen LogP contribution in [0.1, 0.15) is 15.9 Å². The molecule has 1 amide bonds. The van der Waals surface area contributed by atoms with Crippen molar-refractivity contribution in [1.82, 2.24) is 4.90 Å². The van der Waals surface area contributed by atoms with Crippen molar-refractivity contribution in [2.75, 3.05) is 19.7 Å². The summed E-state index contributed by atoms with van der Waals surface area (Å²) in [5.41, 5.74) is 1.63. The standard InChI is InChI=1S/C17H18ClNO2/c18-16-9-5-4-8-15(16)17(21)19(12-13-20)11-10-14-6-2-1-3-7-14/h1-9,20H,10-13H2. The van der Waals surface area contributed by atoms with E-state index in [-0.39, 0.29) is 12.5 Å². The fraction of sp³-hybridized carbons (Fsp3) is 0.235. The van der Waals surface area contributed by atoms with Gasteiger partial charge in [-0.25, -0.2) is 0 Å². The molecular formula is C17H18ClNO2. The SMILES string of the molecule is O=C(c1ccccc1Cl)N(CCO)CCc1ccccc1. The van der Waals surface area contributed by atoms with Gasteiger partial charge in [-0.15, -0.1) is 0 Å². The lowest BCUT2D eigenvalue weighted by molar-refractivity contribution is 0.0724. The number of hydrogen-bond acceptors (Lipinski definition) is 2. The van der Waals surface area contributed by atoms with E-state index in [0.29, 0.717) is 23.7 Å². The summed E-state index contributed by atoms with van der Waals surface area (Å²) < 4.78 is 0. The van der Waals surface area contributed by atoms with Crippen molar-refractivity contribution in [3.8, 4) is 0 Å². The van der Waals surface area contributed by atoms with Crippen molar-refractivity contribution in [3.63, 3.8) is 0 Å². The van der Waals surface area contributed by atoms with Gasteiger partial charge in [0.15, 0.2) is 0 Å². The fourth-order valence-electron chi connectivity index (χ4n) is 2.15. The highest BCUT2D eigenvalue weighted by molar-refractivity contribution is 6.33. The minimum atomic E-state index is -0.148. The maximum atomic E-state index is 12.5. The van der Waals surface area contributed by atoms with Crippen LogP contribution in [-0.2, 0) is 6.42 Å². The number of aliphatic hydroxyl groups is 1. The number of aliphatic hydroxyl groups excluding tert-OH is 1. The highest BCUT2D eigenvalue weighted by Crippen LogP contribution is 2.17. The van der Waals surface area contributed by atoms with E-state index in [0.717, 1.165) is 12.0 Å². The normalized spacial score (nSPS) is 10.4. The topological polar surface area (TPSA) is 40.5 Å². The third-order valence-corrected chi connectivity index (χ3v) is 3.60. The molecule has 0 aromatic heterocycles. The van der Waals surface area contributed by atoms with E-state index in [4.69, 9.17) is 11.6 Å². The second-order valence-corrected chi connectivity index (χ2v) is 5.14. The summed E-state index contributed by atoms with van der Waals surface area (Å²) in [5.74, 6) is -0.148. The first-order chi connectivity index (χ1) is 10.2. The van der Waals surface area contributed by atoms with E-state index < -0.39 is 0 Å². The van der Waals surface area contributed by atoms with E-state index >= 15 is 0 Å². The molecule has 2 aromatic rings. The van der Waals surface area contributed by atoms with Crippen LogP contribution < -0.4 is 0 Å². The van der Waals surface area contributed by atoms with Crippen LogP contribution in [0.4, 0.5) is 0 Å². The first-order valence-corrected chi connectivity index (χ1v) is 7.28. The Morgan fingerprint density at radius 3 is 2.33 bits per heavy atom. The summed E-state index contributed by atoms with van der Waals surface area (Å²) in [4.78, 5) is 14.1. The van der Waals surface area contributed by atoms with Gasteiger partial charge in [-0.1, -0.05) is 54.1 Å². The Hall–Kier alpha value is -1.84. The number of halogens is 1. The molecule has 0 radical (unpaired) electrons. The molecule has 1 N–H and O–H groups in total. The summed E-state index contributed by atoms with van der Waals surface area (Å²) in [6.07, 6.45) is 0.747. The van der Waals surface area contributed by atoms with Crippen molar-refractivity contribution in [2.24, 2.45) is 0 Å². The fourth-order valence-corrected chi connectivity index (χ4v) is 2.37. The van der Waals surface area contributed by atoms with Gasteiger partial charge in [0.1, 0.15) is 0 Å². The van der Waals surface area contributed by atoms with Crippen LogP contribution in [0.2, 0.25) is 5.02 Å². The molecule has 2 aromatic carbocycles. The van der Waals surface area contributed by atoms with Crippen LogP contribution in [0.5, 0.6) is 0 Å². The summed E-state index contributed by atoms with van der Waals surface area (Å²) >= 11 is 6.07. The maximum absolute atomic E-state index is 12.5. The Labute approximate surface area is 129 Å². The summed E-state index contributed by atoms with van der Waals surface area (Å²) in [6, 6.07) is 16.9. The highest BCUT2D eigenvalue weighted by Gasteiger charge is 2.17. The molecule has 2 rings (SSSR count). The Bertz CT molecular complexity index is 586. The monoisotopic (exact) mass is 303 g/mol. The van der Waals surface area contributed by atoms with Crippen molar-refractivity contribution in [2.45, 2.75) is 6.42 Å². The zero-order chi connectivity index (χ0) is 15.1. The van der Waals surface area contributed by atoms with Crippen LogP contribution in [0.25, 0.3) is 0 Å². The predicted octanol–water partition coefficient (Wildman–Crippen LogP) is 3.02. The average molecular weight is 304 g/mol. The van der Waals surface area contributed by atoms with Gasteiger partial charge in [0.25, 0.3) is 5.91 Å². The zero-order valence-corrected chi connectivity index (χ0v) is 12.5. The molecule has 0 atom stereocenters. The van der Waals surface area contributed by atoms with Gasteiger partial charge in [0, 0.05) is 13.1 Å². The average Bonchev–Trinajstić information content (AvgIpc) is 2.52. The number of amides is 1. The summed E-state index contributed by atoms with van der Waals surface area (Å²) in [5, 5.41) is 9.61. The predicted molar refractivity (Wildman–Crippen MR) is 84.6 cm³/mol. The largest absolute Gasteiger partial charge is 0.395 e. The van der Waals surface area contributed by atoms with Crippen LogP contribution in [-0.4, -0.2) is 35.6 Å². The molecule has 0 aliphatic rings. The lowest BCUT2D eigenvalue weighted by atomic mass is 10.1. The van der Waals surface area contributed by atoms with Gasteiger partial charge in [-0.2, -0.15) is 0 Å². The molecule has 0 spiro atoms. The lowest BCUT2D eigenvalue weighted by Gasteiger charge is -2.22. The number of carbonyl (C=O) groups is 1. The zero-order valence-electron chi connectivity index (χ0n) is 11.7. The number of rotatable bonds is 6. The second kappa shape index (κ2) is 7.81. The molecule has 110 valence electrons. The van der Waals surface area contributed by atoms with Gasteiger partial charge in [-0.05, 0) is 24.1 Å². The van der Waals surface area contributed by atoms with Crippen molar-refractivity contribution >= 4 is 17.5 Å². The van der Waals surface area contributed by atoms with E-state index in [2.05, 4.69) is 0 Å². The van der Waals surface area contributed by atoms with Gasteiger partial charge >= 0.3 is 0 Å². The molecule has 0 saturated heterocycles. The van der Waals surface area contributed by atoms with Gasteiger partial charge in [-0.3, -0.25) is 4.79 Å². The van der Waals surface area contributed by atoms with Crippen molar-refractivity contribution in [3.05, 3.63) is 70.7 Å². The van der Waals surface area contributed by atoms with Crippen LogP contribution in [0.3, 0.4) is 0 Å². The van der Waals surface area contributed by atoms with E-state index in [1.807, 2.05) is 30.3 Å². The molecule has 0 unspecified atom stereocenters. The molecule has 0 heterocycles. The number of carbonyl (C=O) groups excluding carboxylic acids is 1. The third-order valence-electron chi connectivity index (χ3n) is 3.27. The van der Waals surface area contributed by atoms with Crippen molar-refractivity contribution in [1.29, 1.82) is 0 Å². The van der Waals surface area contributed by atoms with Crippen LogP contribution in [0.15, 0.2) is 54.6 Å². The lowest BCUT2D eigenvalue weighted by Crippen LogP contribution is -2.35. The Morgan fingerprint density at radius 1 is 1.00 bits per heavy atom. The minimum absolute atomic E-state index is 0.0645. The molecule has 0 aliphatic heterocycles. The molecule has 21 heavy (non-hydrogen) atoms. The summed E-state index contributed by atoms with van der Waals surface area (Å²) in [7, 11) is 0. The van der Waals surface area contributed by atoms with E-state index in [1.165, 1.54) is 0 Å². The van der Waals surface area contributed by atoms with Crippen LogP contribution in [0, 0.1) is 0 Å². The van der Waals surface area contributed by atoms with Crippen molar-refractivity contribution < 1.29 is 9.90 Å². The number of hydrogen-bond donors (Lipinski definition) is 1. The van der Waals surface area contributed by atoms with E-state index in [9.17, 15) is 9.90 Å². The smallest absolute Gasteiger partial charge is 0.255 e. The maximum Gasteiger partial charge on any atom is 0.255 e. The second-order valence-electron chi connectivity index (χ2n) is 4.73. The number of nitrogens with zero attached hydrogens (tertiary/aromatic N) is 1. The van der Waals surface area contributed by atoms with Gasteiger partial charge in [0.05, 0.1) is 17.2 Å². The quantitative estimate of drug-likeness (QED) is 0.891. The third kappa shape index (κ3) is 4.31. The van der Waals surface area contributed by atoms with Gasteiger partial charge in [0.2, 0.25) is 0 Å². The molecule has 0 bridgehead atoms. The Balaban J connectivity index is 2.08. The Kier molecular flexibility index (Phi) is 5.78. The Morgan fingerprint density at radius 2 is 1.67 bits per heavy atom. The highest BCUT2D eigenvalue weighted by atomic mass is 35.5. The minimum Gasteiger partial charge on any atom is -0.395 e. The molecule has 3 nitrogen and oxygen atoms in total. The molecule has 0 fully saturated rings.